The molecule has 140 valence electrons. The van der Waals surface area contributed by atoms with Gasteiger partial charge in [-0.2, -0.15) is 0 Å². The van der Waals surface area contributed by atoms with Crippen LogP contribution in [0.4, 0.5) is 11.4 Å². The molecule has 0 aliphatic rings. The number of sulfonamides is 1. The molecule has 0 amide bonds. The third-order valence-corrected chi connectivity index (χ3v) is 5.76. The molecule has 0 aliphatic heterocycles. The first-order valence-corrected chi connectivity index (χ1v) is 10.5. The second-order valence-corrected chi connectivity index (χ2v) is 8.03. The lowest BCUT2D eigenvalue weighted by atomic mass is 10.1. The van der Waals surface area contributed by atoms with Crippen LogP contribution >= 0.6 is 0 Å². The van der Waals surface area contributed by atoms with Crippen molar-refractivity contribution in [2.45, 2.75) is 24.7 Å². The van der Waals surface area contributed by atoms with E-state index in [1.165, 1.54) is 5.56 Å². The molecule has 3 aromatic carbocycles. The maximum Gasteiger partial charge on any atom is 0.261 e. The molecule has 0 fully saturated rings. The van der Waals surface area contributed by atoms with Crippen LogP contribution in [-0.2, 0) is 22.9 Å². The molecule has 3 aromatic rings. The topological polar surface area (TPSA) is 58.2 Å². The normalized spacial score (nSPS) is 11.1. The van der Waals surface area contributed by atoms with E-state index in [1.54, 1.807) is 24.3 Å². The van der Waals surface area contributed by atoms with Crippen molar-refractivity contribution in [1.82, 2.24) is 0 Å². The maximum absolute atomic E-state index is 12.5. The second-order valence-electron chi connectivity index (χ2n) is 6.34. The largest absolute Gasteiger partial charge is 0.385 e. The Kier molecular flexibility index (Phi) is 6.14. The average molecular weight is 381 g/mol. The standard InChI is InChI=1S/C22H24N2O2S/c1-2-18-8-14-22(15-9-18)27(25,26)24-21-12-10-20(11-13-21)23-17-16-19-6-4-3-5-7-19/h3-15,23-24H,2,16-17H2,1H3. The van der Waals surface area contributed by atoms with E-state index in [9.17, 15) is 8.42 Å². The number of aryl methyl sites for hydroxylation is 1. The Morgan fingerprint density at radius 2 is 1.37 bits per heavy atom. The summed E-state index contributed by atoms with van der Waals surface area (Å²) < 4.78 is 27.6. The van der Waals surface area contributed by atoms with Crippen molar-refractivity contribution in [3.05, 3.63) is 90.0 Å². The molecule has 0 unspecified atom stereocenters. The Morgan fingerprint density at radius 1 is 0.741 bits per heavy atom. The first kappa shape index (κ1) is 19.0. The molecule has 27 heavy (non-hydrogen) atoms. The highest BCUT2D eigenvalue weighted by atomic mass is 32.2. The molecule has 0 heterocycles. The zero-order valence-corrected chi connectivity index (χ0v) is 16.2. The molecule has 0 aliphatic carbocycles. The van der Waals surface area contributed by atoms with E-state index in [2.05, 4.69) is 22.2 Å². The first-order chi connectivity index (χ1) is 13.1. The van der Waals surface area contributed by atoms with Crippen LogP contribution in [-0.4, -0.2) is 15.0 Å². The summed E-state index contributed by atoms with van der Waals surface area (Å²) in [5, 5.41) is 3.35. The summed E-state index contributed by atoms with van der Waals surface area (Å²) >= 11 is 0. The van der Waals surface area contributed by atoms with E-state index in [0.717, 1.165) is 30.6 Å². The fourth-order valence-corrected chi connectivity index (χ4v) is 3.83. The fourth-order valence-electron chi connectivity index (χ4n) is 2.77. The van der Waals surface area contributed by atoms with Crippen molar-refractivity contribution in [2.75, 3.05) is 16.6 Å². The van der Waals surface area contributed by atoms with E-state index in [1.807, 2.05) is 49.4 Å². The molecule has 3 rings (SSSR count). The molecule has 0 radical (unpaired) electrons. The van der Waals surface area contributed by atoms with Crippen molar-refractivity contribution >= 4 is 21.4 Å². The van der Waals surface area contributed by atoms with Crippen LogP contribution in [0, 0.1) is 0 Å². The van der Waals surface area contributed by atoms with E-state index in [4.69, 9.17) is 0 Å². The highest BCUT2D eigenvalue weighted by Crippen LogP contribution is 2.19. The Balaban J connectivity index is 1.57. The van der Waals surface area contributed by atoms with Gasteiger partial charge in [-0.25, -0.2) is 8.42 Å². The Morgan fingerprint density at radius 3 is 2.00 bits per heavy atom. The second kappa shape index (κ2) is 8.73. The lowest BCUT2D eigenvalue weighted by molar-refractivity contribution is 0.601. The minimum Gasteiger partial charge on any atom is -0.385 e. The monoisotopic (exact) mass is 380 g/mol. The third-order valence-electron chi connectivity index (χ3n) is 4.36. The minimum atomic E-state index is -3.57. The summed E-state index contributed by atoms with van der Waals surface area (Å²) in [4.78, 5) is 0.268. The molecule has 0 saturated heterocycles. The van der Waals surface area contributed by atoms with Gasteiger partial charge in [0.1, 0.15) is 0 Å². The Bertz CT molecular complexity index is 951. The maximum atomic E-state index is 12.5. The van der Waals surface area contributed by atoms with E-state index < -0.39 is 10.0 Å². The van der Waals surface area contributed by atoms with E-state index >= 15 is 0 Å². The van der Waals surface area contributed by atoms with E-state index in [-0.39, 0.29) is 4.90 Å². The lowest BCUT2D eigenvalue weighted by Crippen LogP contribution is -2.13. The number of hydrogen-bond acceptors (Lipinski definition) is 3. The van der Waals surface area contributed by atoms with Gasteiger partial charge in [-0.05, 0) is 60.4 Å². The first-order valence-electron chi connectivity index (χ1n) is 9.06. The summed E-state index contributed by atoms with van der Waals surface area (Å²) in [6.45, 7) is 2.86. The van der Waals surface area contributed by atoms with Crippen molar-refractivity contribution in [2.24, 2.45) is 0 Å². The van der Waals surface area contributed by atoms with Crippen LogP contribution in [0.1, 0.15) is 18.1 Å². The number of nitrogens with one attached hydrogen (secondary N) is 2. The summed E-state index contributed by atoms with van der Waals surface area (Å²) in [6.07, 6.45) is 1.81. The van der Waals surface area contributed by atoms with Crippen LogP contribution in [0.15, 0.2) is 83.8 Å². The van der Waals surface area contributed by atoms with Gasteiger partial charge in [0.05, 0.1) is 4.90 Å². The Labute approximate surface area is 161 Å². The van der Waals surface area contributed by atoms with Crippen molar-refractivity contribution in [1.29, 1.82) is 0 Å². The molecular formula is C22H24N2O2S. The van der Waals surface area contributed by atoms with Gasteiger partial charge in [-0.1, -0.05) is 49.4 Å². The summed E-state index contributed by atoms with van der Waals surface area (Å²) in [5.41, 5.74) is 3.90. The highest BCUT2D eigenvalue weighted by molar-refractivity contribution is 7.92. The van der Waals surface area contributed by atoms with Gasteiger partial charge >= 0.3 is 0 Å². The highest BCUT2D eigenvalue weighted by Gasteiger charge is 2.13. The summed E-state index contributed by atoms with van der Waals surface area (Å²) in [5.74, 6) is 0. The molecule has 0 spiro atoms. The molecule has 2 N–H and O–H groups in total. The molecular weight excluding hydrogens is 356 g/mol. The lowest BCUT2D eigenvalue weighted by Gasteiger charge is -2.10. The molecule has 5 heteroatoms. The SMILES string of the molecule is CCc1ccc(S(=O)(=O)Nc2ccc(NCCc3ccccc3)cc2)cc1. The van der Waals surface area contributed by atoms with Crippen LogP contribution in [0.3, 0.4) is 0 Å². The molecule has 4 nitrogen and oxygen atoms in total. The predicted octanol–water partition coefficient (Wildman–Crippen LogP) is 4.70. The number of hydrogen-bond donors (Lipinski definition) is 2. The number of rotatable bonds is 8. The van der Waals surface area contributed by atoms with E-state index in [0.29, 0.717) is 5.69 Å². The summed E-state index contributed by atoms with van der Waals surface area (Å²) in [6, 6.07) is 24.5. The van der Waals surface area contributed by atoms with Crippen LogP contribution in [0.2, 0.25) is 0 Å². The fraction of sp³-hybridized carbons (Fsp3) is 0.182. The predicted molar refractivity (Wildman–Crippen MR) is 112 cm³/mol. The zero-order chi connectivity index (χ0) is 19.1. The van der Waals surface area contributed by atoms with Gasteiger partial charge in [-0.3, -0.25) is 4.72 Å². The number of benzene rings is 3. The third kappa shape index (κ3) is 5.34. The van der Waals surface area contributed by atoms with Crippen molar-refractivity contribution in [3.8, 4) is 0 Å². The van der Waals surface area contributed by atoms with Gasteiger partial charge in [0.25, 0.3) is 10.0 Å². The van der Waals surface area contributed by atoms with Gasteiger partial charge < -0.3 is 5.32 Å². The van der Waals surface area contributed by atoms with Crippen molar-refractivity contribution < 1.29 is 8.42 Å². The molecule has 0 atom stereocenters. The van der Waals surface area contributed by atoms with Crippen molar-refractivity contribution in [3.63, 3.8) is 0 Å². The number of anilines is 2. The van der Waals surface area contributed by atoms with Crippen LogP contribution in [0.5, 0.6) is 0 Å². The quantitative estimate of drug-likeness (QED) is 0.595. The van der Waals surface area contributed by atoms with Crippen LogP contribution < -0.4 is 10.0 Å². The van der Waals surface area contributed by atoms with Gasteiger partial charge in [-0.15, -0.1) is 0 Å². The molecule has 0 aromatic heterocycles. The minimum absolute atomic E-state index is 0.268. The summed E-state index contributed by atoms with van der Waals surface area (Å²) in [7, 11) is -3.57. The molecule has 0 bridgehead atoms. The average Bonchev–Trinajstić information content (AvgIpc) is 2.70. The molecule has 0 saturated carbocycles. The van der Waals surface area contributed by atoms with Crippen LogP contribution in [0.25, 0.3) is 0 Å². The zero-order valence-electron chi connectivity index (χ0n) is 15.4. The smallest absolute Gasteiger partial charge is 0.261 e. The van der Waals surface area contributed by atoms with Gasteiger partial charge in [0.2, 0.25) is 0 Å². The Hall–Kier alpha value is -2.79. The van der Waals surface area contributed by atoms with Gasteiger partial charge in [0.15, 0.2) is 0 Å². The van der Waals surface area contributed by atoms with Gasteiger partial charge in [0, 0.05) is 17.9 Å².